The fraction of sp³-hybridized carbons (Fsp3) is 0.425. The highest BCUT2D eigenvalue weighted by atomic mass is 32.2. The first-order valence-electron chi connectivity index (χ1n) is 18.1. The Hall–Kier alpha value is -5.25. The Morgan fingerprint density at radius 3 is 2.23 bits per heavy atom. The molecule has 4 heterocycles. The number of carbonyl (C=O) groups is 5. The Bertz CT molecular complexity index is 1880. The van der Waals surface area contributed by atoms with E-state index in [2.05, 4.69) is 11.9 Å². The van der Waals surface area contributed by atoms with Gasteiger partial charge in [0.2, 0.25) is 5.91 Å². The molecule has 1 N–H and O–H groups in total. The number of hydrogen-bond acceptors (Lipinski definition) is 9. The van der Waals surface area contributed by atoms with Crippen molar-refractivity contribution in [3.63, 3.8) is 0 Å². The van der Waals surface area contributed by atoms with Crippen LogP contribution in [0, 0.1) is 11.8 Å². The second kappa shape index (κ2) is 16.5. The number of allylic oxidation sites excluding steroid dienone is 1. The number of ether oxygens (including phenoxy) is 3. The van der Waals surface area contributed by atoms with Crippen LogP contribution in [0.25, 0.3) is 0 Å². The summed E-state index contributed by atoms with van der Waals surface area (Å²) in [4.78, 5) is 70.5. The molecule has 2 aromatic rings. The van der Waals surface area contributed by atoms with E-state index in [0.717, 1.165) is 4.90 Å². The third-order valence-corrected chi connectivity index (χ3v) is 11.1. The number of amides is 4. The minimum atomic E-state index is -4.62. The first kappa shape index (κ1) is 40.4. The van der Waals surface area contributed by atoms with E-state index in [1.165, 1.54) is 33.7 Å². The summed E-state index contributed by atoms with van der Waals surface area (Å²) in [7, 11) is 0. The fourth-order valence-corrected chi connectivity index (χ4v) is 8.50. The second-order valence-electron chi connectivity index (χ2n) is 14.9. The Kier molecular flexibility index (Phi) is 11.9. The smallest absolute Gasteiger partial charge is 0.410 e. The molecule has 0 spiro atoms. The zero-order valence-corrected chi connectivity index (χ0v) is 31.9. The molecule has 0 aromatic heterocycles. The van der Waals surface area contributed by atoms with Crippen molar-refractivity contribution in [2.45, 2.75) is 56.5 Å². The molecule has 12 nitrogen and oxygen atoms in total. The van der Waals surface area contributed by atoms with Gasteiger partial charge < -0.3 is 29.3 Å². The number of likely N-dealkylation sites (tertiary alicyclic amines) is 2. The number of nitrogens with one attached hydrogen (secondary N) is 1. The lowest BCUT2D eigenvalue weighted by Crippen LogP contribution is -2.70. The maximum absolute atomic E-state index is 14.4. The van der Waals surface area contributed by atoms with Gasteiger partial charge in [0.1, 0.15) is 29.3 Å². The van der Waals surface area contributed by atoms with Crippen LogP contribution in [0.2, 0.25) is 0 Å². The molecule has 3 saturated heterocycles. The van der Waals surface area contributed by atoms with Crippen LogP contribution in [0.4, 0.5) is 22.8 Å². The lowest BCUT2D eigenvalue weighted by atomic mass is 9.95. The number of thioether (sulfide) groups is 1. The number of alkyl halides is 3. The molecule has 3 fully saturated rings. The number of rotatable bonds is 10. The van der Waals surface area contributed by atoms with Gasteiger partial charge in [-0.1, -0.05) is 73.3 Å². The van der Waals surface area contributed by atoms with E-state index < -0.39 is 77.6 Å². The highest BCUT2D eigenvalue weighted by Crippen LogP contribution is 2.43. The van der Waals surface area contributed by atoms with Crippen LogP contribution in [0.3, 0.4) is 0 Å². The summed E-state index contributed by atoms with van der Waals surface area (Å²) in [5.41, 5.74) is 0.984. The van der Waals surface area contributed by atoms with Crippen molar-refractivity contribution in [2.24, 2.45) is 11.8 Å². The Balaban J connectivity index is 1.28. The predicted octanol–water partition coefficient (Wildman–Crippen LogP) is 5.97. The summed E-state index contributed by atoms with van der Waals surface area (Å²) in [5.74, 6) is -4.75. The number of benzene rings is 2. The molecule has 298 valence electrons. The van der Waals surface area contributed by atoms with Crippen LogP contribution < -0.4 is 5.32 Å². The fourth-order valence-electron chi connectivity index (χ4n) is 7.19. The van der Waals surface area contributed by atoms with Gasteiger partial charge in [-0.2, -0.15) is 13.2 Å². The van der Waals surface area contributed by atoms with Gasteiger partial charge in [0, 0.05) is 43.4 Å². The summed E-state index contributed by atoms with van der Waals surface area (Å²) in [5, 5.41) is 1.91. The molecule has 16 heteroatoms. The van der Waals surface area contributed by atoms with Crippen LogP contribution in [0.5, 0.6) is 0 Å². The number of halogens is 3. The third kappa shape index (κ3) is 8.90. The summed E-state index contributed by atoms with van der Waals surface area (Å²) in [6, 6.07) is 17.1. The minimum absolute atomic E-state index is 0.0989. The van der Waals surface area contributed by atoms with Crippen molar-refractivity contribution < 1.29 is 51.4 Å². The number of alkyl carbamates (subject to hydrolysis) is 1. The quantitative estimate of drug-likeness (QED) is 0.101. The molecule has 0 unspecified atom stereocenters. The number of carbonyl (C=O) groups excluding carboxylic acids is 5. The monoisotopic (exact) mass is 796 g/mol. The molecule has 4 aliphatic heterocycles. The molecule has 0 aliphatic carbocycles. The van der Waals surface area contributed by atoms with E-state index >= 15 is 0 Å². The second-order valence-corrected chi connectivity index (χ2v) is 16.0. The van der Waals surface area contributed by atoms with Crippen LogP contribution in [-0.4, -0.2) is 106 Å². The maximum atomic E-state index is 14.4. The summed E-state index contributed by atoms with van der Waals surface area (Å²) < 4.78 is 58.9. The van der Waals surface area contributed by atoms with Crippen molar-refractivity contribution in [1.29, 1.82) is 0 Å². The molecule has 6 rings (SSSR count). The first-order valence-corrected chi connectivity index (χ1v) is 19.2. The van der Waals surface area contributed by atoms with Crippen molar-refractivity contribution in [3.8, 4) is 0 Å². The Morgan fingerprint density at radius 2 is 1.64 bits per heavy atom. The highest BCUT2D eigenvalue weighted by Gasteiger charge is 2.55. The van der Waals surface area contributed by atoms with E-state index in [0.29, 0.717) is 16.7 Å². The van der Waals surface area contributed by atoms with Gasteiger partial charge in [0.05, 0.1) is 5.92 Å². The van der Waals surface area contributed by atoms with Gasteiger partial charge in [-0.3, -0.25) is 14.5 Å². The molecular formula is C40H43F3N4O8S. The SMILES string of the molecule is C=CCOC(=O)N1C[C@H](CN2CC/C(=C\C3=C(C(=O)OC(c4ccccc4)c4ccccc4)N4C(=O)[C@@H](NC(=O)OC(C)(C)C)[C@H]4SC3)C2=O)[C@@H](C(F)(F)F)C1. The molecule has 4 amide bonds. The van der Waals surface area contributed by atoms with Gasteiger partial charge in [0.25, 0.3) is 5.91 Å². The molecule has 0 saturated carbocycles. The zero-order chi connectivity index (χ0) is 40.4. The van der Waals surface area contributed by atoms with Gasteiger partial charge >= 0.3 is 24.3 Å². The van der Waals surface area contributed by atoms with Crippen LogP contribution in [0.15, 0.2) is 96.2 Å². The predicted molar refractivity (Wildman–Crippen MR) is 200 cm³/mol. The molecule has 2 aromatic carbocycles. The average Bonchev–Trinajstić information content (AvgIpc) is 3.75. The van der Waals surface area contributed by atoms with Crippen LogP contribution in [0.1, 0.15) is 44.4 Å². The van der Waals surface area contributed by atoms with Crippen molar-refractivity contribution in [1.82, 2.24) is 20.0 Å². The molecule has 0 radical (unpaired) electrons. The van der Waals surface area contributed by atoms with E-state index in [-0.39, 0.29) is 49.7 Å². The summed E-state index contributed by atoms with van der Waals surface area (Å²) >= 11 is 1.27. The Labute approximate surface area is 326 Å². The molecule has 56 heavy (non-hydrogen) atoms. The molecule has 4 aliphatic rings. The van der Waals surface area contributed by atoms with E-state index in [4.69, 9.17) is 14.2 Å². The average molecular weight is 797 g/mol. The number of hydrogen-bond donors (Lipinski definition) is 1. The van der Waals surface area contributed by atoms with Crippen molar-refractivity contribution in [2.75, 3.05) is 38.5 Å². The third-order valence-electron chi connectivity index (χ3n) is 9.75. The standard InChI is InChI=1S/C40H43F3N4O8S/c1-5-18-53-38(52)46-21-28(29(22-46)40(41,42)43)20-45-17-16-26(33(45)48)19-27-23-56-35-30(44-37(51)55-39(2,3)4)34(49)47(35)31(27)36(50)54-32(24-12-8-6-9-13-24)25-14-10-7-11-15-25/h5-15,19,28-30,32,35H,1,16-18,20-23H2,2-4H3,(H,44,51)/b26-19+/t28-,29-,30+,35+/m0/s1. The number of β-lactam (4-membered cyclic amide) rings is 1. The zero-order valence-electron chi connectivity index (χ0n) is 31.1. The molecular weight excluding hydrogens is 754 g/mol. The topological polar surface area (TPSA) is 135 Å². The van der Waals surface area contributed by atoms with Gasteiger partial charge in [-0.05, 0) is 50.0 Å². The number of esters is 1. The summed E-state index contributed by atoms with van der Waals surface area (Å²) in [6.07, 6.45) is -4.17. The van der Waals surface area contributed by atoms with Crippen molar-refractivity contribution in [3.05, 3.63) is 107 Å². The van der Waals surface area contributed by atoms with Crippen LogP contribution >= 0.6 is 11.8 Å². The van der Waals surface area contributed by atoms with Crippen molar-refractivity contribution >= 4 is 41.7 Å². The van der Waals surface area contributed by atoms with E-state index in [1.807, 2.05) is 12.1 Å². The minimum Gasteiger partial charge on any atom is -0.448 e. The van der Waals surface area contributed by atoms with Crippen LogP contribution in [-0.2, 0) is 28.6 Å². The first-order chi connectivity index (χ1) is 26.6. The maximum Gasteiger partial charge on any atom is 0.410 e. The normalized spacial score (nSPS) is 23.3. The summed E-state index contributed by atoms with van der Waals surface area (Å²) in [6.45, 7) is 7.38. The largest absolute Gasteiger partial charge is 0.448 e. The molecule has 0 bridgehead atoms. The van der Waals surface area contributed by atoms with Gasteiger partial charge in [-0.15, -0.1) is 11.8 Å². The van der Waals surface area contributed by atoms with E-state index in [9.17, 15) is 37.1 Å². The Morgan fingerprint density at radius 1 is 1.00 bits per heavy atom. The number of nitrogens with zero attached hydrogens (tertiary/aromatic N) is 3. The van der Waals surface area contributed by atoms with E-state index in [1.54, 1.807) is 69.3 Å². The number of fused-ring (bicyclic) bond motifs is 1. The van der Waals surface area contributed by atoms with Gasteiger partial charge in [0.15, 0.2) is 6.10 Å². The molecule has 4 atom stereocenters. The highest BCUT2D eigenvalue weighted by molar-refractivity contribution is 8.00. The lowest BCUT2D eigenvalue weighted by molar-refractivity contribution is -0.181. The lowest BCUT2D eigenvalue weighted by Gasteiger charge is -2.49. The van der Waals surface area contributed by atoms with Gasteiger partial charge in [-0.25, -0.2) is 14.4 Å².